The summed E-state index contributed by atoms with van der Waals surface area (Å²) in [6.07, 6.45) is 0.764. The second kappa shape index (κ2) is 8.57. The minimum atomic E-state index is -0.599. The Kier molecular flexibility index (Phi) is 5.25. The van der Waals surface area contributed by atoms with Crippen LogP contribution >= 0.6 is 0 Å². The fraction of sp³-hybridized carbons (Fsp3) is 0.0625. The molecule has 0 unspecified atom stereocenters. The molecule has 34 heavy (non-hydrogen) atoms. The number of fused-ring (bicyclic) bond motifs is 3. The fourth-order valence-corrected chi connectivity index (χ4v) is 6.08. The van der Waals surface area contributed by atoms with Gasteiger partial charge >= 0.3 is 0 Å². The second-order valence-corrected chi connectivity index (χ2v) is 9.31. The molecule has 0 aliphatic carbocycles. The molecule has 0 atom stereocenters. The molecule has 0 saturated heterocycles. The average molecular weight is 455 g/mol. The zero-order valence-electron chi connectivity index (χ0n) is 19.2. The highest BCUT2D eigenvalue weighted by molar-refractivity contribution is 6.00. The Morgan fingerprint density at radius 2 is 0.882 bits per heavy atom. The number of benzene rings is 6. The van der Waals surface area contributed by atoms with Crippen molar-refractivity contribution in [3.05, 3.63) is 144 Å². The van der Waals surface area contributed by atoms with Crippen LogP contribution < -0.4 is 0 Å². The molecule has 6 aromatic rings. The molecule has 0 fully saturated rings. The highest BCUT2D eigenvalue weighted by atomic mass is 28.2. The van der Waals surface area contributed by atoms with Crippen LogP contribution in [0.3, 0.4) is 0 Å². The Labute approximate surface area is 203 Å². The molecule has 6 aromatic carbocycles. The summed E-state index contributed by atoms with van der Waals surface area (Å²) < 4.78 is 6.82. The largest absolute Gasteiger partial charge is 0.414 e. The van der Waals surface area contributed by atoms with Gasteiger partial charge in [0.05, 0.1) is 0 Å². The van der Waals surface area contributed by atoms with Crippen molar-refractivity contribution in [1.82, 2.24) is 0 Å². The van der Waals surface area contributed by atoms with E-state index in [-0.39, 0.29) is 0 Å². The van der Waals surface area contributed by atoms with Gasteiger partial charge in [0.15, 0.2) is 0 Å². The van der Waals surface area contributed by atoms with Crippen LogP contribution in [0.25, 0.3) is 32.3 Å². The van der Waals surface area contributed by atoms with Crippen molar-refractivity contribution in [2.45, 2.75) is 12.0 Å². The van der Waals surface area contributed by atoms with Crippen molar-refractivity contribution in [3.8, 4) is 0 Å². The van der Waals surface area contributed by atoms with E-state index in [1.807, 2.05) is 0 Å². The molecule has 0 aromatic heterocycles. The summed E-state index contributed by atoms with van der Waals surface area (Å²) in [5.74, 6) is 0. The SMILES string of the molecule is [SiH3]OC(Cc1cccc2ccccc12)(c1cccc2ccccc12)c1cccc2ccccc12. The predicted octanol–water partition coefficient (Wildman–Crippen LogP) is 6.93. The van der Waals surface area contributed by atoms with Gasteiger partial charge in [0, 0.05) is 6.42 Å². The van der Waals surface area contributed by atoms with E-state index >= 15 is 0 Å². The monoisotopic (exact) mass is 454 g/mol. The summed E-state index contributed by atoms with van der Waals surface area (Å²) in [6, 6.07) is 45.8. The van der Waals surface area contributed by atoms with E-state index in [2.05, 4.69) is 127 Å². The van der Waals surface area contributed by atoms with Gasteiger partial charge in [0.2, 0.25) is 0 Å². The third-order valence-electron chi connectivity index (χ3n) is 7.12. The number of hydrogen-bond donors (Lipinski definition) is 0. The lowest BCUT2D eigenvalue weighted by Crippen LogP contribution is -2.34. The smallest absolute Gasteiger partial charge is 0.147 e. The molecule has 0 aliphatic rings. The molecule has 2 heteroatoms. The van der Waals surface area contributed by atoms with Gasteiger partial charge in [0.1, 0.15) is 16.1 Å². The topological polar surface area (TPSA) is 9.23 Å². The van der Waals surface area contributed by atoms with Crippen molar-refractivity contribution in [1.29, 1.82) is 0 Å². The van der Waals surface area contributed by atoms with Crippen LogP contribution in [0.1, 0.15) is 16.7 Å². The van der Waals surface area contributed by atoms with E-state index in [1.54, 1.807) is 0 Å². The molecule has 0 aliphatic heterocycles. The number of rotatable bonds is 5. The van der Waals surface area contributed by atoms with Crippen LogP contribution in [0.5, 0.6) is 0 Å². The van der Waals surface area contributed by atoms with Crippen LogP contribution in [0, 0.1) is 0 Å². The summed E-state index contributed by atoms with van der Waals surface area (Å²) in [7, 11) is 0.609. The highest BCUT2D eigenvalue weighted by Crippen LogP contribution is 2.43. The first-order valence-electron chi connectivity index (χ1n) is 11.8. The van der Waals surface area contributed by atoms with Crippen molar-refractivity contribution in [3.63, 3.8) is 0 Å². The summed E-state index contributed by atoms with van der Waals surface area (Å²) in [4.78, 5) is 0. The molecule has 164 valence electrons. The van der Waals surface area contributed by atoms with Crippen molar-refractivity contribution < 1.29 is 4.43 Å². The maximum Gasteiger partial charge on any atom is 0.147 e. The van der Waals surface area contributed by atoms with Crippen LogP contribution in [0.2, 0.25) is 0 Å². The second-order valence-electron chi connectivity index (χ2n) is 8.90. The minimum Gasteiger partial charge on any atom is -0.414 e. The normalized spacial score (nSPS) is 12.0. The van der Waals surface area contributed by atoms with Gasteiger partial charge in [-0.3, -0.25) is 0 Å². The van der Waals surface area contributed by atoms with Crippen LogP contribution in [-0.2, 0) is 16.4 Å². The maximum atomic E-state index is 6.82. The van der Waals surface area contributed by atoms with E-state index in [0.717, 1.165) is 6.42 Å². The Morgan fingerprint density at radius 3 is 1.41 bits per heavy atom. The summed E-state index contributed by atoms with van der Waals surface area (Å²) in [6.45, 7) is 0. The zero-order valence-corrected chi connectivity index (χ0v) is 21.2. The first-order chi connectivity index (χ1) is 16.8. The third-order valence-corrected chi connectivity index (χ3v) is 7.81. The third kappa shape index (κ3) is 3.35. The highest BCUT2D eigenvalue weighted by Gasteiger charge is 2.37. The molecule has 0 amide bonds. The molecular formula is C32H26OSi. The van der Waals surface area contributed by atoms with Crippen LogP contribution in [0.15, 0.2) is 127 Å². The molecule has 1 nitrogen and oxygen atoms in total. The zero-order chi connectivity index (χ0) is 23.0. The fourth-order valence-electron chi connectivity index (χ4n) is 5.50. The summed E-state index contributed by atoms with van der Waals surface area (Å²) in [5, 5.41) is 7.51. The summed E-state index contributed by atoms with van der Waals surface area (Å²) >= 11 is 0. The predicted molar refractivity (Wildman–Crippen MR) is 147 cm³/mol. The molecule has 0 radical (unpaired) electrons. The van der Waals surface area contributed by atoms with Crippen molar-refractivity contribution in [2.75, 3.05) is 0 Å². The van der Waals surface area contributed by atoms with E-state index in [1.165, 1.54) is 49.0 Å². The Balaban J connectivity index is 1.70. The van der Waals surface area contributed by atoms with Gasteiger partial charge < -0.3 is 4.43 Å². The molecule has 0 spiro atoms. The standard InChI is InChI=1S/C32H26OSi/c34-33-32(30-20-8-14-24-11-2-5-18-28(24)30,31-21-9-15-25-12-3-6-19-29(25)31)22-26-16-7-13-23-10-1-4-17-27(23)26/h1-21H,22H2,34H3. The average Bonchev–Trinajstić information content (AvgIpc) is 2.91. The lowest BCUT2D eigenvalue weighted by atomic mass is 9.77. The Bertz CT molecular complexity index is 1540. The van der Waals surface area contributed by atoms with E-state index < -0.39 is 5.60 Å². The molecule has 0 N–H and O–H groups in total. The van der Waals surface area contributed by atoms with Crippen molar-refractivity contribution in [2.24, 2.45) is 0 Å². The van der Waals surface area contributed by atoms with Gasteiger partial charge in [-0.05, 0) is 49.0 Å². The molecule has 0 bridgehead atoms. The van der Waals surface area contributed by atoms with Crippen LogP contribution in [-0.4, -0.2) is 10.5 Å². The quantitative estimate of drug-likeness (QED) is 0.257. The van der Waals surface area contributed by atoms with Crippen molar-refractivity contribution >= 4 is 42.8 Å². The minimum absolute atomic E-state index is 0.599. The van der Waals surface area contributed by atoms with E-state index in [9.17, 15) is 0 Å². The van der Waals surface area contributed by atoms with E-state index in [4.69, 9.17) is 4.43 Å². The lowest BCUT2D eigenvalue weighted by molar-refractivity contribution is 0.129. The van der Waals surface area contributed by atoms with Gasteiger partial charge in [-0.1, -0.05) is 127 Å². The molecule has 6 rings (SSSR count). The molecule has 0 heterocycles. The number of hydrogen-bond acceptors (Lipinski definition) is 1. The summed E-state index contributed by atoms with van der Waals surface area (Å²) in [5.41, 5.74) is 3.16. The van der Waals surface area contributed by atoms with Gasteiger partial charge in [-0.25, -0.2) is 0 Å². The van der Waals surface area contributed by atoms with Gasteiger partial charge in [-0.15, -0.1) is 0 Å². The van der Waals surface area contributed by atoms with Crippen LogP contribution in [0.4, 0.5) is 0 Å². The molecular weight excluding hydrogens is 428 g/mol. The Hall–Kier alpha value is -3.72. The van der Waals surface area contributed by atoms with Gasteiger partial charge in [0.25, 0.3) is 0 Å². The van der Waals surface area contributed by atoms with E-state index in [0.29, 0.717) is 10.5 Å². The molecule has 0 saturated carbocycles. The lowest BCUT2D eigenvalue weighted by Gasteiger charge is -2.37. The van der Waals surface area contributed by atoms with Gasteiger partial charge in [-0.2, -0.15) is 0 Å². The maximum absolute atomic E-state index is 6.82. The first-order valence-corrected chi connectivity index (χ1v) is 12.6. The Morgan fingerprint density at radius 1 is 0.471 bits per heavy atom. The first kappa shape index (κ1) is 20.9.